The fraction of sp³-hybridized carbons (Fsp3) is 0.500. The zero-order valence-corrected chi connectivity index (χ0v) is 12.0. The van der Waals surface area contributed by atoms with Gasteiger partial charge in [0, 0.05) is 12.1 Å². The number of hydrogen-bond acceptors (Lipinski definition) is 2. The lowest BCUT2D eigenvalue weighted by atomic mass is 9.87. The van der Waals surface area contributed by atoms with Gasteiger partial charge in [-0.1, -0.05) is 24.6 Å². The van der Waals surface area contributed by atoms with Gasteiger partial charge in [0.1, 0.15) is 6.04 Å². The van der Waals surface area contributed by atoms with Gasteiger partial charge in [-0.25, -0.2) is 0 Å². The monoisotopic (exact) mass is 288 g/mol. The molecule has 0 unspecified atom stereocenters. The maximum atomic E-state index is 12.1. The van der Waals surface area contributed by atoms with Gasteiger partial charge in [0.2, 0.25) is 5.91 Å². The number of benzene rings is 1. The summed E-state index contributed by atoms with van der Waals surface area (Å²) in [6, 6.07) is 9.78. The number of carbonyl (C=O) groups excluding carboxylic acids is 2. The van der Waals surface area contributed by atoms with Crippen LogP contribution in [0.3, 0.4) is 0 Å². The van der Waals surface area contributed by atoms with Crippen LogP contribution in [0.4, 0.5) is 5.69 Å². The number of nitrogens with one attached hydrogen (secondary N) is 2. The van der Waals surface area contributed by atoms with E-state index in [1.165, 1.54) is 12.8 Å². The Kier molecular flexibility index (Phi) is 4.20. The van der Waals surface area contributed by atoms with E-state index in [0.29, 0.717) is 12.1 Å². The van der Waals surface area contributed by atoms with Crippen molar-refractivity contribution in [2.45, 2.75) is 50.2 Å². The third-order valence-electron chi connectivity index (χ3n) is 4.43. The van der Waals surface area contributed by atoms with Gasteiger partial charge in [0.05, 0.1) is 12.5 Å². The maximum Gasteiger partial charge on any atom is 0.279 e. The minimum atomic E-state index is -0.298. The van der Waals surface area contributed by atoms with Crippen LogP contribution in [0.5, 0.6) is 0 Å². The SMILES string of the molecule is O=C(C[C@H]1[NH2+][C@H]2CCCC[C@@H]2NC1=O)Nc1ccccc1. The summed E-state index contributed by atoms with van der Waals surface area (Å²) in [6.07, 6.45) is 4.83. The molecular weight excluding hydrogens is 266 g/mol. The van der Waals surface area contributed by atoms with Crippen LogP contribution in [-0.4, -0.2) is 29.9 Å². The van der Waals surface area contributed by atoms with Crippen molar-refractivity contribution in [3.05, 3.63) is 30.3 Å². The smallest absolute Gasteiger partial charge is 0.279 e. The van der Waals surface area contributed by atoms with Crippen molar-refractivity contribution in [2.75, 3.05) is 5.32 Å². The first-order valence-corrected chi connectivity index (χ1v) is 7.72. The fourth-order valence-electron chi connectivity index (χ4n) is 3.34. The van der Waals surface area contributed by atoms with Gasteiger partial charge in [-0.15, -0.1) is 0 Å². The molecule has 2 aliphatic rings. The Bertz CT molecular complexity index is 518. The molecule has 112 valence electrons. The molecule has 1 aliphatic carbocycles. The first-order chi connectivity index (χ1) is 10.2. The van der Waals surface area contributed by atoms with Crippen molar-refractivity contribution in [2.24, 2.45) is 0 Å². The number of amides is 2. The predicted octanol–water partition coefficient (Wildman–Crippen LogP) is 0.388. The second-order valence-corrected chi connectivity index (χ2v) is 5.98. The van der Waals surface area contributed by atoms with Crippen LogP contribution >= 0.6 is 0 Å². The van der Waals surface area contributed by atoms with Crippen LogP contribution in [-0.2, 0) is 9.59 Å². The minimum Gasteiger partial charge on any atom is -0.342 e. The second-order valence-electron chi connectivity index (χ2n) is 5.98. The zero-order chi connectivity index (χ0) is 14.7. The highest BCUT2D eigenvalue weighted by Crippen LogP contribution is 2.18. The standard InChI is InChI=1S/C16H21N3O2/c20-15(17-11-6-2-1-3-7-11)10-14-16(21)19-13-9-5-4-8-12(13)18-14/h1-3,6-7,12-14,18H,4-5,8-10H2,(H,17,20)(H,19,21)/p+1/t12-,13-,14+/m0/s1. The van der Waals surface area contributed by atoms with E-state index in [9.17, 15) is 9.59 Å². The molecular formula is C16H22N3O2+. The molecule has 1 saturated carbocycles. The normalized spacial score (nSPS) is 28.4. The zero-order valence-electron chi connectivity index (χ0n) is 12.0. The van der Waals surface area contributed by atoms with E-state index in [-0.39, 0.29) is 24.3 Å². The van der Waals surface area contributed by atoms with E-state index in [4.69, 9.17) is 0 Å². The lowest BCUT2D eigenvalue weighted by Gasteiger charge is -2.37. The number of nitrogens with two attached hydrogens (primary N) is 1. The molecule has 1 aromatic rings. The fourth-order valence-corrected chi connectivity index (χ4v) is 3.34. The van der Waals surface area contributed by atoms with Gasteiger partial charge < -0.3 is 16.0 Å². The number of fused-ring (bicyclic) bond motifs is 1. The Balaban J connectivity index is 1.56. The first-order valence-electron chi connectivity index (χ1n) is 7.72. The number of anilines is 1. The first kappa shape index (κ1) is 14.1. The van der Waals surface area contributed by atoms with Gasteiger partial charge in [0.25, 0.3) is 5.91 Å². The van der Waals surface area contributed by atoms with Gasteiger partial charge in [-0.3, -0.25) is 9.59 Å². The van der Waals surface area contributed by atoms with Crippen molar-refractivity contribution < 1.29 is 14.9 Å². The minimum absolute atomic E-state index is 0.00126. The summed E-state index contributed by atoms with van der Waals surface area (Å²) in [5.74, 6) is -0.103. The lowest BCUT2D eigenvalue weighted by molar-refractivity contribution is -0.718. The topological polar surface area (TPSA) is 74.8 Å². The number of hydrogen-bond donors (Lipinski definition) is 3. The quantitative estimate of drug-likeness (QED) is 0.752. The molecule has 4 N–H and O–H groups in total. The van der Waals surface area contributed by atoms with Crippen LogP contribution in [0.15, 0.2) is 30.3 Å². The summed E-state index contributed by atoms with van der Waals surface area (Å²) in [5.41, 5.74) is 0.772. The average molecular weight is 288 g/mol. The van der Waals surface area contributed by atoms with Crippen LogP contribution < -0.4 is 16.0 Å². The molecule has 1 aromatic carbocycles. The molecule has 1 saturated heterocycles. The van der Waals surface area contributed by atoms with Crippen molar-refractivity contribution in [1.29, 1.82) is 0 Å². The molecule has 5 nitrogen and oxygen atoms in total. The molecule has 0 bridgehead atoms. The molecule has 3 atom stereocenters. The Morgan fingerprint density at radius 3 is 2.81 bits per heavy atom. The van der Waals surface area contributed by atoms with Gasteiger partial charge in [0.15, 0.2) is 6.04 Å². The van der Waals surface area contributed by atoms with Gasteiger partial charge >= 0.3 is 0 Å². The van der Waals surface area contributed by atoms with E-state index >= 15 is 0 Å². The molecule has 2 fully saturated rings. The summed E-state index contributed by atoms with van der Waals surface area (Å²) in [7, 11) is 0. The van der Waals surface area contributed by atoms with Crippen molar-refractivity contribution in [1.82, 2.24) is 5.32 Å². The summed E-state index contributed by atoms with van der Waals surface area (Å²) in [4.78, 5) is 24.2. The van der Waals surface area contributed by atoms with E-state index < -0.39 is 0 Å². The molecule has 1 heterocycles. The Morgan fingerprint density at radius 2 is 2.00 bits per heavy atom. The summed E-state index contributed by atoms with van der Waals surface area (Å²) in [6.45, 7) is 0. The van der Waals surface area contributed by atoms with Crippen LogP contribution in [0.25, 0.3) is 0 Å². The second kappa shape index (κ2) is 6.26. The Hall–Kier alpha value is -1.88. The number of piperazine rings is 1. The summed E-state index contributed by atoms with van der Waals surface area (Å²) >= 11 is 0. The molecule has 2 amide bonds. The molecule has 0 radical (unpaired) electrons. The van der Waals surface area contributed by atoms with E-state index in [0.717, 1.165) is 18.5 Å². The number of quaternary nitrogens is 1. The third-order valence-corrected chi connectivity index (χ3v) is 4.43. The number of rotatable bonds is 3. The van der Waals surface area contributed by atoms with E-state index in [1.807, 2.05) is 30.3 Å². The largest absolute Gasteiger partial charge is 0.342 e. The van der Waals surface area contributed by atoms with Crippen LogP contribution in [0.1, 0.15) is 32.1 Å². The molecule has 21 heavy (non-hydrogen) atoms. The predicted molar refractivity (Wildman–Crippen MR) is 79.6 cm³/mol. The van der Waals surface area contributed by atoms with Crippen molar-refractivity contribution in [3.8, 4) is 0 Å². The highest BCUT2D eigenvalue weighted by Gasteiger charge is 2.40. The van der Waals surface area contributed by atoms with Crippen molar-refractivity contribution in [3.63, 3.8) is 0 Å². The van der Waals surface area contributed by atoms with Crippen molar-refractivity contribution >= 4 is 17.5 Å². The average Bonchev–Trinajstić information content (AvgIpc) is 2.49. The molecule has 1 aliphatic heterocycles. The number of carbonyl (C=O) groups is 2. The third kappa shape index (κ3) is 3.42. The van der Waals surface area contributed by atoms with Gasteiger partial charge in [-0.05, 0) is 25.0 Å². The van der Waals surface area contributed by atoms with E-state index in [1.54, 1.807) is 0 Å². The highest BCUT2D eigenvalue weighted by molar-refractivity contribution is 5.95. The summed E-state index contributed by atoms with van der Waals surface area (Å²) < 4.78 is 0. The van der Waals surface area contributed by atoms with E-state index in [2.05, 4.69) is 16.0 Å². The van der Waals surface area contributed by atoms with Crippen LogP contribution in [0.2, 0.25) is 0 Å². The number of para-hydroxylation sites is 1. The lowest BCUT2D eigenvalue weighted by Crippen LogP contribution is -3.03. The Labute approximate surface area is 124 Å². The maximum absolute atomic E-state index is 12.1. The Morgan fingerprint density at radius 1 is 1.24 bits per heavy atom. The molecule has 5 heteroatoms. The van der Waals surface area contributed by atoms with Crippen LogP contribution in [0, 0.1) is 0 Å². The molecule has 0 aromatic heterocycles. The molecule has 0 spiro atoms. The summed E-state index contributed by atoms with van der Waals surface area (Å²) in [5, 5.41) is 8.03. The highest BCUT2D eigenvalue weighted by atomic mass is 16.2. The molecule has 3 rings (SSSR count). The van der Waals surface area contributed by atoms with Gasteiger partial charge in [-0.2, -0.15) is 0 Å².